The lowest BCUT2D eigenvalue weighted by molar-refractivity contribution is 0.0990. The Hall–Kier alpha value is -3.65. The zero-order valence-electron chi connectivity index (χ0n) is 20.6. The van der Waals surface area contributed by atoms with Gasteiger partial charge in [0.05, 0.1) is 16.1 Å². The first-order chi connectivity index (χ1) is 17.6. The lowest BCUT2D eigenvalue weighted by Crippen LogP contribution is -2.30. The number of Topliss-reactive ketones (excluding diaryl/α,β-unsaturated/α-hetero) is 2. The fraction of sp³-hybridized carbons (Fsp3) is 0.321. The molecule has 1 aliphatic carbocycles. The fourth-order valence-corrected chi connectivity index (χ4v) is 5.59. The number of aromatic nitrogens is 1. The smallest absolute Gasteiger partial charge is 0.232 e. The lowest BCUT2D eigenvalue weighted by atomic mass is 10.1. The van der Waals surface area contributed by atoms with Crippen LogP contribution in [0.15, 0.2) is 64.3 Å². The van der Waals surface area contributed by atoms with Crippen LogP contribution < -0.4 is 9.80 Å². The SMILES string of the molecule is CCN(CC)c1ccc(N=Nc2nc(N3CCCCC3)c(C=C3C(=O)c4ccccc4C3=O)s2)cc1. The first-order valence-electron chi connectivity index (χ1n) is 12.5. The maximum atomic E-state index is 13.0. The Labute approximate surface area is 215 Å². The number of anilines is 2. The Balaban J connectivity index is 1.45. The maximum Gasteiger partial charge on any atom is 0.232 e. The van der Waals surface area contributed by atoms with E-state index in [1.165, 1.54) is 17.8 Å². The van der Waals surface area contributed by atoms with E-state index in [2.05, 4.69) is 33.9 Å². The Bertz CT molecular complexity index is 1300. The summed E-state index contributed by atoms with van der Waals surface area (Å²) in [5.74, 6) is 0.310. The standard InChI is InChI=1S/C28H29N5O2S/c1-3-32(4-2)20-14-12-19(13-15-20)30-31-28-29-27(33-16-8-5-9-17-33)24(36-28)18-23-25(34)21-10-6-7-11-22(21)26(23)35/h6-7,10-15,18H,3-5,8-9,16-17H2,1-2H3. The van der Waals surface area contributed by atoms with Crippen molar-refractivity contribution in [2.75, 3.05) is 36.0 Å². The highest BCUT2D eigenvalue weighted by Gasteiger charge is 2.33. The van der Waals surface area contributed by atoms with Gasteiger partial charge in [-0.3, -0.25) is 9.59 Å². The van der Waals surface area contributed by atoms with Gasteiger partial charge < -0.3 is 9.80 Å². The number of nitrogens with zero attached hydrogens (tertiary/aromatic N) is 5. The minimum atomic E-state index is -0.231. The van der Waals surface area contributed by atoms with Crippen LogP contribution >= 0.6 is 11.3 Å². The lowest BCUT2D eigenvalue weighted by Gasteiger charge is -2.27. The molecular weight excluding hydrogens is 470 g/mol. The van der Waals surface area contributed by atoms with Crippen LogP contribution in [0.5, 0.6) is 0 Å². The van der Waals surface area contributed by atoms with Crippen LogP contribution in [-0.2, 0) is 0 Å². The van der Waals surface area contributed by atoms with Crippen LogP contribution in [0, 0.1) is 0 Å². The van der Waals surface area contributed by atoms with Crippen molar-refractivity contribution in [3.63, 3.8) is 0 Å². The van der Waals surface area contributed by atoms with Gasteiger partial charge in [-0.25, -0.2) is 0 Å². The van der Waals surface area contributed by atoms with Gasteiger partial charge in [-0.2, -0.15) is 4.98 Å². The highest BCUT2D eigenvalue weighted by molar-refractivity contribution is 7.16. The average molecular weight is 500 g/mol. The Morgan fingerprint density at radius 2 is 1.56 bits per heavy atom. The number of carbonyl (C=O) groups is 2. The van der Waals surface area contributed by atoms with Gasteiger partial charge >= 0.3 is 0 Å². The number of benzene rings is 2. The number of carbonyl (C=O) groups excluding carboxylic acids is 2. The van der Waals surface area contributed by atoms with Crippen molar-refractivity contribution in [2.45, 2.75) is 33.1 Å². The molecule has 2 aliphatic rings. The quantitative estimate of drug-likeness (QED) is 0.202. The zero-order chi connectivity index (χ0) is 25.1. The molecule has 1 fully saturated rings. The van der Waals surface area contributed by atoms with E-state index in [4.69, 9.17) is 4.98 Å². The van der Waals surface area contributed by atoms with Crippen molar-refractivity contribution in [1.82, 2.24) is 4.98 Å². The first kappa shape index (κ1) is 24.1. The van der Waals surface area contributed by atoms with Gasteiger partial charge in [0.2, 0.25) is 5.13 Å². The second-order valence-electron chi connectivity index (χ2n) is 8.88. The van der Waals surface area contributed by atoms with Crippen molar-refractivity contribution < 1.29 is 9.59 Å². The van der Waals surface area contributed by atoms with Crippen molar-refractivity contribution in [1.29, 1.82) is 0 Å². The molecule has 0 saturated carbocycles. The molecule has 3 aromatic rings. The summed E-state index contributed by atoms with van der Waals surface area (Å²) in [6.45, 7) is 7.96. The molecule has 2 aromatic carbocycles. The third kappa shape index (κ3) is 4.73. The van der Waals surface area contributed by atoms with E-state index in [0.717, 1.165) is 61.1 Å². The summed E-state index contributed by atoms with van der Waals surface area (Å²) in [4.78, 5) is 36.0. The van der Waals surface area contributed by atoms with Gasteiger partial charge in [0.15, 0.2) is 11.6 Å². The molecule has 0 unspecified atom stereocenters. The van der Waals surface area contributed by atoms with E-state index in [9.17, 15) is 9.59 Å². The fourth-order valence-electron chi connectivity index (χ4n) is 4.74. The summed E-state index contributed by atoms with van der Waals surface area (Å²) in [5, 5.41) is 9.32. The van der Waals surface area contributed by atoms with Crippen molar-refractivity contribution in [3.8, 4) is 0 Å². The summed E-state index contributed by atoms with van der Waals surface area (Å²) in [5.41, 5.74) is 3.02. The monoisotopic (exact) mass is 499 g/mol. The largest absolute Gasteiger partial charge is 0.372 e. The summed E-state index contributed by atoms with van der Waals surface area (Å²) in [6, 6.07) is 15.0. The van der Waals surface area contributed by atoms with Crippen LogP contribution in [0.1, 0.15) is 58.7 Å². The highest BCUT2D eigenvalue weighted by atomic mass is 32.1. The molecule has 0 N–H and O–H groups in total. The maximum absolute atomic E-state index is 13.0. The molecule has 0 atom stereocenters. The molecule has 184 valence electrons. The number of fused-ring (bicyclic) bond motifs is 1. The van der Waals surface area contributed by atoms with Crippen LogP contribution in [0.3, 0.4) is 0 Å². The number of hydrogen-bond donors (Lipinski definition) is 0. The Morgan fingerprint density at radius 1 is 0.917 bits per heavy atom. The molecule has 1 aromatic heterocycles. The number of azo groups is 1. The second-order valence-corrected chi connectivity index (χ2v) is 9.89. The van der Waals surface area contributed by atoms with Gasteiger partial charge in [-0.1, -0.05) is 35.6 Å². The highest BCUT2D eigenvalue weighted by Crippen LogP contribution is 2.38. The predicted molar refractivity (Wildman–Crippen MR) is 145 cm³/mol. The van der Waals surface area contributed by atoms with E-state index < -0.39 is 0 Å². The van der Waals surface area contributed by atoms with Crippen LogP contribution in [0.4, 0.5) is 22.3 Å². The Morgan fingerprint density at radius 3 is 2.17 bits per heavy atom. The average Bonchev–Trinajstić information content (AvgIpc) is 3.44. The van der Waals surface area contributed by atoms with Crippen LogP contribution in [-0.4, -0.2) is 42.7 Å². The van der Waals surface area contributed by atoms with Crippen molar-refractivity contribution in [3.05, 3.63) is 70.1 Å². The van der Waals surface area contributed by atoms with E-state index in [-0.39, 0.29) is 17.1 Å². The number of thiazole rings is 1. The van der Waals surface area contributed by atoms with E-state index in [1.807, 2.05) is 24.3 Å². The summed E-state index contributed by atoms with van der Waals surface area (Å²) in [6.07, 6.45) is 5.07. The molecular formula is C28H29N5O2S. The van der Waals surface area contributed by atoms with Crippen molar-refractivity contribution in [2.24, 2.45) is 10.2 Å². The van der Waals surface area contributed by atoms with Gasteiger partial charge in [-0.15, -0.1) is 10.2 Å². The topological polar surface area (TPSA) is 78.2 Å². The minimum Gasteiger partial charge on any atom is -0.372 e. The predicted octanol–water partition coefficient (Wildman–Crippen LogP) is 6.86. The molecule has 2 heterocycles. The van der Waals surface area contributed by atoms with Gasteiger partial charge in [0, 0.05) is 43.0 Å². The van der Waals surface area contributed by atoms with Crippen molar-refractivity contribution >= 4 is 51.3 Å². The van der Waals surface area contributed by atoms with Gasteiger partial charge in [-0.05, 0) is 63.5 Å². The first-order valence-corrected chi connectivity index (χ1v) is 13.3. The zero-order valence-corrected chi connectivity index (χ0v) is 21.4. The number of rotatable bonds is 7. The van der Waals surface area contributed by atoms with E-state index >= 15 is 0 Å². The summed E-state index contributed by atoms with van der Waals surface area (Å²) in [7, 11) is 0. The number of piperidine rings is 1. The third-order valence-electron chi connectivity index (χ3n) is 6.69. The summed E-state index contributed by atoms with van der Waals surface area (Å²) >= 11 is 1.36. The number of ketones is 2. The second kappa shape index (κ2) is 10.5. The van der Waals surface area contributed by atoms with Gasteiger partial charge in [0.25, 0.3) is 0 Å². The van der Waals surface area contributed by atoms with Crippen LogP contribution in [0.2, 0.25) is 0 Å². The minimum absolute atomic E-state index is 0.189. The Kier molecular flexibility index (Phi) is 7.04. The molecule has 1 aliphatic heterocycles. The molecule has 7 nitrogen and oxygen atoms in total. The molecule has 8 heteroatoms. The molecule has 0 bridgehead atoms. The summed E-state index contributed by atoms with van der Waals surface area (Å²) < 4.78 is 0. The molecule has 0 amide bonds. The van der Waals surface area contributed by atoms with E-state index in [1.54, 1.807) is 30.3 Å². The molecule has 0 spiro atoms. The molecule has 5 rings (SSSR count). The van der Waals surface area contributed by atoms with Crippen LogP contribution in [0.25, 0.3) is 6.08 Å². The number of allylic oxidation sites excluding steroid dienone is 1. The molecule has 0 radical (unpaired) electrons. The normalized spacial score (nSPS) is 15.6. The molecule has 36 heavy (non-hydrogen) atoms. The van der Waals surface area contributed by atoms with Gasteiger partial charge in [0.1, 0.15) is 5.82 Å². The molecule has 1 saturated heterocycles. The third-order valence-corrected chi connectivity index (χ3v) is 7.56. The van der Waals surface area contributed by atoms with E-state index in [0.29, 0.717) is 16.3 Å². The number of hydrogen-bond acceptors (Lipinski definition) is 8.